The molecule has 3 rings (SSSR count). The number of hydrogen-bond donors (Lipinski definition) is 0. The van der Waals surface area contributed by atoms with Gasteiger partial charge in [-0.2, -0.15) is 0 Å². The number of Topliss-reactive ketones (excluding diaryl/α,β-unsaturated/α-hetero) is 1. The topological polar surface area (TPSA) is 26.3 Å². The average Bonchev–Trinajstić information content (AvgIpc) is 2.73. The number of fused-ring (bicyclic) bond motifs is 3. The molecule has 0 heterocycles. The maximum atomic E-state index is 11.7. The van der Waals surface area contributed by atoms with Crippen LogP contribution in [0.15, 0.2) is 42.0 Å². The number of benzene rings is 2. The van der Waals surface area contributed by atoms with Gasteiger partial charge < -0.3 is 4.74 Å². The maximum Gasteiger partial charge on any atom is 0.130 e. The largest absolute Gasteiger partial charge is 0.380 e. The Bertz CT molecular complexity index is 746. The highest BCUT2D eigenvalue weighted by atomic mass is 79.9. The van der Waals surface area contributed by atoms with Crippen LogP contribution in [0.2, 0.25) is 0 Å². The molecule has 1 aliphatic carbocycles. The smallest absolute Gasteiger partial charge is 0.130 e. The molecule has 0 aliphatic heterocycles. The first-order valence-electron chi connectivity index (χ1n) is 7.02. The van der Waals surface area contributed by atoms with Crippen molar-refractivity contribution in [3.63, 3.8) is 0 Å². The van der Waals surface area contributed by atoms with Crippen molar-refractivity contribution >= 4 is 37.0 Å². The van der Waals surface area contributed by atoms with Crippen LogP contribution in [-0.2, 0) is 9.53 Å². The van der Waals surface area contributed by atoms with Crippen LogP contribution >= 0.6 is 15.9 Å². The Morgan fingerprint density at radius 2 is 2.00 bits per heavy atom. The average molecular weight is 345 g/mol. The fourth-order valence-corrected chi connectivity index (χ4v) is 4.00. The molecule has 0 N–H and O–H groups in total. The molecule has 1 aliphatic rings. The highest BCUT2D eigenvalue weighted by molar-refractivity contribution is 9.15. The van der Waals surface area contributed by atoms with Gasteiger partial charge in [-0.25, -0.2) is 0 Å². The Morgan fingerprint density at radius 1 is 1.24 bits per heavy atom. The minimum atomic E-state index is 0.122. The number of halogens is 1. The van der Waals surface area contributed by atoms with E-state index < -0.39 is 0 Å². The number of ether oxygens (including phenoxy) is 1. The van der Waals surface area contributed by atoms with E-state index in [0.29, 0.717) is 13.0 Å². The number of ketones is 1. The van der Waals surface area contributed by atoms with Gasteiger partial charge in [0.05, 0.1) is 6.61 Å². The van der Waals surface area contributed by atoms with Gasteiger partial charge in [0.1, 0.15) is 5.78 Å². The normalized spacial score (nSPS) is 17.4. The summed E-state index contributed by atoms with van der Waals surface area (Å²) in [5.74, 6) is 0.325. The SMILES string of the molecule is COCC1=C(Br)c2c(ccc3ccccc23)C1CC(C)=O. The summed E-state index contributed by atoms with van der Waals surface area (Å²) in [4.78, 5) is 11.7. The van der Waals surface area contributed by atoms with Crippen LogP contribution < -0.4 is 0 Å². The summed E-state index contributed by atoms with van der Waals surface area (Å²) in [5.41, 5.74) is 3.60. The van der Waals surface area contributed by atoms with Gasteiger partial charge in [-0.3, -0.25) is 4.79 Å². The van der Waals surface area contributed by atoms with E-state index in [2.05, 4.69) is 46.3 Å². The third-order valence-corrected chi connectivity index (χ3v) is 4.96. The Balaban J connectivity index is 2.23. The first-order chi connectivity index (χ1) is 10.1. The van der Waals surface area contributed by atoms with Gasteiger partial charge in [0.25, 0.3) is 0 Å². The lowest BCUT2D eigenvalue weighted by atomic mass is 9.90. The lowest BCUT2D eigenvalue weighted by Crippen LogP contribution is -2.08. The second kappa shape index (κ2) is 5.74. The minimum Gasteiger partial charge on any atom is -0.380 e. The molecule has 1 atom stereocenters. The predicted octanol–water partition coefficient (Wildman–Crippen LogP) is 4.67. The molecule has 0 spiro atoms. The number of hydrogen-bond acceptors (Lipinski definition) is 2. The first-order valence-corrected chi connectivity index (χ1v) is 7.81. The minimum absolute atomic E-state index is 0.122. The number of methoxy groups -OCH3 is 1. The van der Waals surface area contributed by atoms with Crippen LogP contribution in [0.4, 0.5) is 0 Å². The van der Waals surface area contributed by atoms with Crippen molar-refractivity contribution in [2.45, 2.75) is 19.3 Å². The van der Waals surface area contributed by atoms with Gasteiger partial charge in [-0.05, 0) is 28.8 Å². The van der Waals surface area contributed by atoms with Crippen LogP contribution in [0.1, 0.15) is 30.4 Å². The Morgan fingerprint density at radius 3 is 2.71 bits per heavy atom. The summed E-state index contributed by atoms with van der Waals surface area (Å²) in [6.45, 7) is 2.19. The molecular formula is C18H17BrO2. The van der Waals surface area contributed by atoms with Crippen LogP contribution in [0.5, 0.6) is 0 Å². The molecule has 2 nitrogen and oxygen atoms in total. The third kappa shape index (κ3) is 2.45. The van der Waals surface area contributed by atoms with Gasteiger partial charge in [0.2, 0.25) is 0 Å². The third-order valence-electron chi connectivity index (χ3n) is 4.05. The molecule has 0 fully saturated rings. The van der Waals surface area contributed by atoms with E-state index in [-0.39, 0.29) is 11.7 Å². The molecule has 0 saturated heterocycles. The van der Waals surface area contributed by atoms with Gasteiger partial charge in [0, 0.05) is 29.5 Å². The Labute approximate surface area is 132 Å². The summed E-state index contributed by atoms with van der Waals surface area (Å²) in [5, 5.41) is 2.44. The molecule has 0 bridgehead atoms. The molecule has 108 valence electrons. The fourth-order valence-electron chi connectivity index (χ4n) is 3.17. The van der Waals surface area contributed by atoms with Crippen molar-refractivity contribution in [1.82, 2.24) is 0 Å². The fraction of sp³-hybridized carbons (Fsp3) is 0.278. The molecule has 3 heteroatoms. The summed E-state index contributed by atoms with van der Waals surface area (Å²) in [6, 6.07) is 12.6. The molecule has 0 aromatic heterocycles. The Hall–Kier alpha value is -1.45. The molecular weight excluding hydrogens is 328 g/mol. The highest BCUT2D eigenvalue weighted by Crippen LogP contribution is 2.49. The van der Waals surface area contributed by atoms with Crippen LogP contribution in [0.25, 0.3) is 15.3 Å². The van der Waals surface area contributed by atoms with Crippen molar-refractivity contribution in [2.75, 3.05) is 13.7 Å². The van der Waals surface area contributed by atoms with Gasteiger partial charge in [-0.1, -0.05) is 52.3 Å². The zero-order chi connectivity index (χ0) is 15.0. The number of carbonyl (C=O) groups is 1. The van der Waals surface area contributed by atoms with Crippen LogP contribution in [0.3, 0.4) is 0 Å². The zero-order valence-corrected chi connectivity index (χ0v) is 13.7. The first kappa shape index (κ1) is 14.5. The zero-order valence-electron chi connectivity index (χ0n) is 12.2. The molecule has 1 unspecified atom stereocenters. The van der Waals surface area contributed by atoms with E-state index in [9.17, 15) is 4.79 Å². The predicted molar refractivity (Wildman–Crippen MR) is 89.7 cm³/mol. The molecule has 0 amide bonds. The van der Waals surface area contributed by atoms with Crippen molar-refractivity contribution in [3.05, 3.63) is 53.1 Å². The van der Waals surface area contributed by atoms with Gasteiger partial charge >= 0.3 is 0 Å². The van der Waals surface area contributed by atoms with E-state index >= 15 is 0 Å². The molecule has 0 saturated carbocycles. The summed E-state index contributed by atoms with van der Waals surface area (Å²) in [7, 11) is 1.69. The lowest BCUT2D eigenvalue weighted by molar-refractivity contribution is -0.117. The van der Waals surface area contributed by atoms with E-state index in [1.807, 2.05) is 6.07 Å². The molecule has 21 heavy (non-hydrogen) atoms. The number of rotatable bonds is 4. The standard InChI is InChI=1S/C18H17BrO2/c1-11(20)9-15-14-8-7-12-5-3-4-6-13(12)17(14)18(19)16(15)10-21-2/h3-8,15H,9-10H2,1-2H3. The summed E-state index contributed by atoms with van der Waals surface area (Å²) < 4.78 is 6.44. The van der Waals surface area contributed by atoms with E-state index in [1.54, 1.807) is 14.0 Å². The van der Waals surface area contributed by atoms with Crippen LogP contribution in [0, 0.1) is 0 Å². The molecule has 0 radical (unpaired) electrons. The van der Waals surface area contributed by atoms with E-state index in [1.165, 1.54) is 27.5 Å². The van der Waals surface area contributed by atoms with Crippen molar-refractivity contribution < 1.29 is 9.53 Å². The molecule has 2 aromatic carbocycles. The van der Waals surface area contributed by atoms with Crippen molar-refractivity contribution in [3.8, 4) is 0 Å². The quantitative estimate of drug-likeness (QED) is 0.805. The number of carbonyl (C=O) groups excluding carboxylic acids is 1. The maximum absolute atomic E-state index is 11.7. The van der Waals surface area contributed by atoms with Gasteiger partial charge in [0.15, 0.2) is 0 Å². The summed E-state index contributed by atoms with van der Waals surface area (Å²) >= 11 is 3.74. The second-order valence-corrected chi connectivity index (χ2v) is 6.27. The summed E-state index contributed by atoms with van der Waals surface area (Å²) in [6.07, 6.45) is 0.527. The Kier molecular flexibility index (Phi) is 3.96. The van der Waals surface area contributed by atoms with Crippen LogP contribution in [-0.4, -0.2) is 19.5 Å². The van der Waals surface area contributed by atoms with E-state index in [4.69, 9.17) is 4.74 Å². The van der Waals surface area contributed by atoms with E-state index in [0.717, 1.165) is 4.48 Å². The van der Waals surface area contributed by atoms with Gasteiger partial charge in [-0.15, -0.1) is 0 Å². The second-order valence-electron chi connectivity index (χ2n) is 5.48. The molecule has 2 aromatic rings. The van der Waals surface area contributed by atoms with Crippen molar-refractivity contribution in [2.24, 2.45) is 0 Å². The monoisotopic (exact) mass is 344 g/mol. The lowest BCUT2D eigenvalue weighted by Gasteiger charge is -2.15. The van der Waals surface area contributed by atoms with Crippen molar-refractivity contribution in [1.29, 1.82) is 0 Å². The highest BCUT2D eigenvalue weighted by Gasteiger charge is 2.32.